The molecule has 42 heavy (non-hydrogen) atoms. The van der Waals surface area contributed by atoms with Gasteiger partial charge >= 0.3 is 5.97 Å². The zero-order chi connectivity index (χ0) is 29.8. The lowest BCUT2D eigenvalue weighted by atomic mass is 9.33. The second kappa shape index (κ2) is 9.84. The van der Waals surface area contributed by atoms with E-state index in [1.807, 2.05) is 6.92 Å². The summed E-state index contributed by atoms with van der Waals surface area (Å²) >= 11 is 0. The number of carbonyl (C=O) groups excluding carboxylic acids is 2. The molecule has 0 aliphatic heterocycles. The van der Waals surface area contributed by atoms with Crippen LogP contribution in [-0.2, 0) is 26.2 Å². The van der Waals surface area contributed by atoms with Gasteiger partial charge < -0.3 is 10.5 Å². The van der Waals surface area contributed by atoms with E-state index in [9.17, 15) is 9.59 Å². The summed E-state index contributed by atoms with van der Waals surface area (Å²) in [6.45, 7) is 19.3. The molecule has 0 saturated heterocycles. The second-order valence-electron chi connectivity index (χ2n) is 16.6. The SMILES string of the molecule is CCOC(=O)CC(=O)[C@]12CCC(C)(C)CC1C1=CCC3[C@@]4(C)Cc5c(n[nH]c5N)C(C)(C)C4CC[C@@]3(C)[C@]1(C)CC2.Cl. The van der Waals surface area contributed by atoms with Gasteiger partial charge in [-0.05, 0) is 104 Å². The van der Waals surface area contributed by atoms with Crippen LogP contribution in [0, 0.1) is 44.8 Å². The van der Waals surface area contributed by atoms with E-state index in [0.29, 0.717) is 18.4 Å². The molecule has 1 heterocycles. The molecule has 6 rings (SSSR count). The van der Waals surface area contributed by atoms with E-state index in [0.717, 1.165) is 50.8 Å². The number of esters is 1. The summed E-state index contributed by atoms with van der Waals surface area (Å²) < 4.78 is 5.25. The highest BCUT2D eigenvalue weighted by atomic mass is 35.5. The van der Waals surface area contributed by atoms with Gasteiger partial charge in [-0.2, -0.15) is 5.10 Å². The van der Waals surface area contributed by atoms with Crippen molar-refractivity contribution in [2.24, 2.45) is 44.8 Å². The number of H-pyrrole nitrogens is 1. The molecule has 0 radical (unpaired) electrons. The molecule has 3 fully saturated rings. The summed E-state index contributed by atoms with van der Waals surface area (Å²) in [6.07, 6.45) is 11.8. The highest BCUT2D eigenvalue weighted by Gasteiger charge is 2.69. The molecule has 3 unspecified atom stereocenters. The Bertz CT molecular complexity index is 1310. The van der Waals surface area contributed by atoms with Crippen LogP contribution in [-0.4, -0.2) is 28.6 Å². The van der Waals surface area contributed by atoms with Crippen molar-refractivity contribution in [2.75, 3.05) is 12.3 Å². The summed E-state index contributed by atoms with van der Waals surface area (Å²) in [5, 5.41) is 7.84. The number of nitrogens with two attached hydrogens (primary N) is 1. The van der Waals surface area contributed by atoms with Crippen LogP contribution in [0.15, 0.2) is 11.6 Å². The van der Waals surface area contributed by atoms with Gasteiger partial charge in [0.05, 0.1) is 12.3 Å². The number of allylic oxidation sites excluding steroid dienone is 2. The topological polar surface area (TPSA) is 98.1 Å². The van der Waals surface area contributed by atoms with Gasteiger partial charge in [0.2, 0.25) is 0 Å². The first-order chi connectivity index (χ1) is 19.1. The molecule has 0 aromatic carbocycles. The third-order valence-electron chi connectivity index (χ3n) is 14.0. The van der Waals surface area contributed by atoms with Crippen LogP contribution in [0.1, 0.15) is 124 Å². The number of aromatic amines is 1. The summed E-state index contributed by atoms with van der Waals surface area (Å²) in [7, 11) is 0. The maximum Gasteiger partial charge on any atom is 0.313 e. The monoisotopic (exact) mass is 599 g/mol. The average Bonchev–Trinajstić information content (AvgIpc) is 3.24. The zero-order valence-corrected chi connectivity index (χ0v) is 28.1. The second-order valence-corrected chi connectivity index (χ2v) is 16.6. The van der Waals surface area contributed by atoms with Crippen LogP contribution < -0.4 is 5.73 Å². The highest BCUT2D eigenvalue weighted by Crippen LogP contribution is 2.75. The normalized spacial score (nSPS) is 41.0. The smallest absolute Gasteiger partial charge is 0.313 e. The van der Waals surface area contributed by atoms with Gasteiger partial charge in [0.15, 0.2) is 5.78 Å². The highest BCUT2D eigenvalue weighted by molar-refractivity contribution is 5.99. The Morgan fingerprint density at radius 1 is 1.02 bits per heavy atom. The Labute approximate surface area is 259 Å². The number of fused-ring (bicyclic) bond motifs is 8. The van der Waals surface area contributed by atoms with Gasteiger partial charge in [-0.25, -0.2) is 0 Å². The van der Waals surface area contributed by atoms with E-state index in [2.05, 4.69) is 59.6 Å². The predicted octanol–water partition coefficient (Wildman–Crippen LogP) is 7.75. The summed E-state index contributed by atoms with van der Waals surface area (Å²) in [4.78, 5) is 26.6. The third-order valence-corrected chi connectivity index (χ3v) is 14.0. The number of ketones is 1. The molecule has 234 valence electrons. The minimum Gasteiger partial charge on any atom is -0.466 e. The van der Waals surface area contributed by atoms with Gasteiger partial charge in [-0.3, -0.25) is 14.7 Å². The number of halogens is 1. The molecule has 0 spiro atoms. The molecule has 1 aromatic rings. The summed E-state index contributed by atoms with van der Waals surface area (Å²) in [5.41, 5.74) is 10.4. The molecule has 6 nitrogen and oxygen atoms in total. The lowest BCUT2D eigenvalue weighted by molar-refractivity contribution is -0.168. The molecule has 3 N–H and O–H groups in total. The first-order valence-corrected chi connectivity index (χ1v) is 16.3. The molecule has 7 atom stereocenters. The number of aromatic nitrogens is 2. The van der Waals surface area contributed by atoms with E-state index in [1.54, 1.807) is 0 Å². The number of ether oxygens (including phenoxy) is 1. The predicted molar refractivity (Wildman–Crippen MR) is 169 cm³/mol. The lowest BCUT2D eigenvalue weighted by Gasteiger charge is -2.70. The quantitative estimate of drug-likeness (QED) is 0.209. The number of carbonyl (C=O) groups is 2. The molecular weight excluding hydrogens is 546 g/mol. The third kappa shape index (κ3) is 4.05. The van der Waals surface area contributed by atoms with Crippen molar-refractivity contribution in [1.29, 1.82) is 0 Å². The zero-order valence-electron chi connectivity index (χ0n) is 27.2. The van der Waals surface area contributed by atoms with E-state index in [4.69, 9.17) is 15.6 Å². The maximum atomic E-state index is 14.1. The molecule has 0 amide bonds. The van der Waals surface area contributed by atoms with Gasteiger partial charge in [-0.15, -0.1) is 12.4 Å². The first-order valence-electron chi connectivity index (χ1n) is 16.3. The van der Waals surface area contributed by atoms with E-state index < -0.39 is 5.41 Å². The van der Waals surface area contributed by atoms with Gasteiger partial charge in [0.25, 0.3) is 0 Å². The fourth-order valence-corrected chi connectivity index (χ4v) is 11.7. The lowest BCUT2D eigenvalue weighted by Crippen LogP contribution is -2.64. The van der Waals surface area contributed by atoms with Crippen molar-refractivity contribution < 1.29 is 14.3 Å². The molecule has 3 saturated carbocycles. The van der Waals surface area contributed by atoms with E-state index >= 15 is 0 Å². The number of hydrogen-bond donors (Lipinski definition) is 2. The van der Waals surface area contributed by atoms with Crippen molar-refractivity contribution >= 4 is 30.0 Å². The van der Waals surface area contributed by atoms with Crippen molar-refractivity contribution in [2.45, 2.75) is 125 Å². The number of rotatable bonds is 4. The maximum absolute atomic E-state index is 14.1. The number of nitrogens with zero attached hydrogens (tertiary/aromatic N) is 1. The largest absolute Gasteiger partial charge is 0.466 e. The molecular formula is C35H54ClN3O3. The molecule has 1 aromatic heterocycles. The molecule has 7 heteroatoms. The van der Waals surface area contributed by atoms with Crippen LogP contribution >= 0.6 is 12.4 Å². The Hall–Kier alpha value is -1.82. The van der Waals surface area contributed by atoms with Crippen LogP contribution in [0.2, 0.25) is 0 Å². The van der Waals surface area contributed by atoms with Crippen LogP contribution in [0.25, 0.3) is 0 Å². The Kier molecular flexibility index (Phi) is 7.40. The summed E-state index contributed by atoms with van der Waals surface area (Å²) in [5.74, 6) is 1.78. The number of nitrogen functional groups attached to an aromatic ring is 1. The van der Waals surface area contributed by atoms with Crippen LogP contribution in [0.4, 0.5) is 5.82 Å². The first kappa shape index (κ1) is 31.6. The standard InChI is InChI=1S/C35H53N3O3.ClH/c1-9-41-27(40)18-26(39)35-16-14-30(2,3)20-23(35)22-10-11-25-32(6)19-21-28(37-38-29(21)36)31(4,5)24(32)12-13-34(25,8)33(22,7)15-17-35;/h10,23-25H,9,11-20H2,1-8H3,(H3,36,37,38);1H/t23?,24?,25?,32-,33+,34+,35-;/m0./s1. The van der Waals surface area contributed by atoms with Crippen LogP contribution in [0.3, 0.4) is 0 Å². The fourth-order valence-electron chi connectivity index (χ4n) is 11.7. The number of Topliss-reactive ketones (excluding diaryl/α,β-unsaturated/α-hetero) is 1. The minimum atomic E-state index is -0.440. The minimum absolute atomic E-state index is 0. The number of hydrogen-bond acceptors (Lipinski definition) is 5. The Balaban J connectivity index is 0.00000353. The van der Waals surface area contributed by atoms with Gasteiger partial charge in [0, 0.05) is 16.4 Å². The average molecular weight is 600 g/mol. The molecule has 5 aliphatic carbocycles. The molecule has 5 aliphatic rings. The fraction of sp³-hybridized carbons (Fsp3) is 0.800. The van der Waals surface area contributed by atoms with Gasteiger partial charge in [0.1, 0.15) is 12.2 Å². The Morgan fingerprint density at radius 3 is 2.40 bits per heavy atom. The summed E-state index contributed by atoms with van der Waals surface area (Å²) in [6, 6.07) is 0. The van der Waals surface area contributed by atoms with E-state index in [1.165, 1.54) is 29.7 Å². The Morgan fingerprint density at radius 2 is 1.71 bits per heavy atom. The van der Waals surface area contributed by atoms with Crippen LogP contribution in [0.5, 0.6) is 0 Å². The van der Waals surface area contributed by atoms with Crippen molar-refractivity contribution in [3.05, 3.63) is 22.9 Å². The van der Waals surface area contributed by atoms with Crippen molar-refractivity contribution in [3.63, 3.8) is 0 Å². The van der Waals surface area contributed by atoms with Crippen molar-refractivity contribution in [1.82, 2.24) is 10.2 Å². The number of anilines is 1. The molecule has 0 bridgehead atoms. The van der Waals surface area contributed by atoms with Crippen molar-refractivity contribution in [3.8, 4) is 0 Å². The van der Waals surface area contributed by atoms with E-state index in [-0.39, 0.29) is 63.6 Å². The number of nitrogens with one attached hydrogen (secondary N) is 1. The van der Waals surface area contributed by atoms with Gasteiger partial charge in [-0.1, -0.05) is 60.1 Å².